The van der Waals surface area contributed by atoms with Crippen molar-refractivity contribution >= 4 is 23.2 Å². The lowest BCUT2D eigenvalue weighted by Crippen LogP contribution is -2.39. The van der Waals surface area contributed by atoms with Crippen LogP contribution in [-0.4, -0.2) is 11.6 Å². The molecule has 0 saturated heterocycles. The third kappa shape index (κ3) is 1.99. The number of ketones is 2. The van der Waals surface area contributed by atoms with E-state index in [4.69, 9.17) is 11.6 Å². The topological polar surface area (TPSA) is 34.1 Å². The second-order valence-corrected chi connectivity index (χ2v) is 4.26. The Hall–Kier alpha value is -0.630. The predicted molar refractivity (Wildman–Crippen MR) is 51.6 cm³/mol. The molecule has 1 rings (SSSR count). The van der Waals surface area contributed by atoms with Gasteiger partial charge in [0.15, 0.2) is 0 Å². The smallest absolute Gasteiger partial charge is 0.146 e. The SMILES string of the molecule is C=C(Cl)CC1(C)C(=O)CCCC1=O. The van der Waals surface area contributed by atoms with Crippen molar-refractivity contribution in [3.8, 4) is 0 Å². The lowest BCUT2D eigenvalue weighted by Gasteiger charge is -2.29. The van der Waals surface area contributed by atoms with Crippen LogP contribution in [0.5, 0.6) is 0 Å². The fourth-order valence-corrected chi connectivity index (χ4v) is 1.96. The van der Waals surface area contributed by atoms with Gasteiger partial charge in [-0.25, -0.2) is 0 Å². The standard InChI is InChI=1S/C10H13ClO2/c1-7(11)6-10(2)8(12)4-3-5-9(10)13/h1,3-6H2,2H3. The highest BCUT2D eigenvalue weighted by Gasteiger charge is 2.42. The zero-order valence-corrected chi connectivity index (χ0v) is 8.49. The Morgan fingerprint density at radius 1 is 1.46 bits per heavy atom. The molecule has 0 N–H and O–H groups in total. The van der Waals surface area contributed by atoms with E-state index >= 15 is 0 Å². The van der Waals surface area contributed by atoms with Crippen LogP contribution in [0.2, 0.25) is 0 Å². The molecule has 1 fully saturated rings. The molecule has 72 valence electrons. The fourth-order valence-electron chi connectivity index (χ4n) is 1.70. The molecule has 0 radical (unpaired) electrons. The minimum absolute atomic E-state index is 0.00514. The highest BCUT2D eigenvalue weighted by atomic mass is 35.5. The van der Waals surface area contributed by atoms with E-state index < -0.39 is 5.41 Å². The van der Waals surface area contributed by atoms with Gasteiger partial charge in [0.25, 0.3) is 0 Å². The summed E-state index contributed by atoms with van der Waals surface area (Å²) in [6.45, 7) is 5.20. The van der Waals surface area contributed by atoms with Gasteiger partial charge in [0.1, 0.15) is 11.6 Å². The number of Topliss-reactive ketones (excluding diaryl/α,β-unsaturated/α-hetero) is 2. The summed E-state index contributed by atoms with van der Waals surface area (Å²) in [5, 5.41) is 0.381. The summed E-state index contributed by atoms with van der Waals surface area (Å²) in [7, 11) is 0. The molecule has 0 atom stereocenters. The summed E-state index contributed by atoms with van der Waals surface area (Å²) in [5.41, 5.74) is -0.892. The first-order valence-electron chi connectivity index (χ1n) is 4.36. The van der Waals surface area contributed by atoms with Gasteiger partial charge in [-0.1, -0.05) is 18.2 Å². The van der Waals surface area contributed by atoms with E-state index in [1.54, 1.807) is 6.92 Å². The van der Waals surface area contributed by atoms with Crippen LogP contribution in [0.25, 0.3) is 0 Å². The van der Waals surface area contributed by atoms with Gasteiger partial charge in [-0.05, 0) is 13.3 Å². The average molecular weight is 201 g/mol. The molecule has 0 amide bonds. The molecule has 3 heteroatoms. The average Bonchev–Trinajstić information content (AvgIpc) is 1.99. The van der Waals surface area contributed by atoms with Crippen LogP contribution in [0.15, 0.2) is 11.6 Å². The van der Waals surface area contributed by atoms with Crippen LogP contribution in [0.4, 0.5) is 0 Å². The van der Waals surface area contributed by atoms with Crippen molar-refractivity contribution in [2.24, 2.45) is 5.41 Å². The van der Waals surface area contributed by atoms with Crippen molar-refractivity contribution in [1.29, 1.82) is 0 Å². The van der Waals surface area contributed by atoms with E-state index in [0.29, 0.717) is 24.3 Å². The maximum absolute atomic E-state index is 11.5. The number of allylic oxidation sites excluding steroid dienone is 1. The fraction of sp³-hybridized carbons (Fsp3) is 0.600. The van der Waals surface area contributed by atoms with Gasteiger partial charge in [0.2, 0.25) is 0 Å². The van der Waals surface area contributed by atoms with E-state index in [9.17, 15) is 9.59 Å². The highest BCUT2D eigenvalue weighted by molar-refractivity contribution is 6.29. The molecule has 0 aromatic rings. The first kappa shape index (κ1) is 10.5. The quantitative estimate of drug-likeness (QED) is 0.642. The summed E-state index contributed by atoms with van der Waals surface area (Å²) < 4.78 is 0. The number of hydrogen-bond acceptors (Lipinski definition) is 2. The molecular formula is C10H13ClO2. The second kappa shape index (κ2) is 3.62. The van der Waals surface area contributed by atoms with Gasteiger partial charge in [-0.3, -0.25) is 9.59 Å². The molecule has 0 unspecified atom stereocenters. The number of carbonyl (C=O) groups is 2. The maximum atomic E-state index is 11.5. The Kier molecular flexibility index (Phi) is 2.91. The van der Waals surface area contributed by atoms with Gasteiger partial charge >= 0.3 is 0 Å². The van der Waals surface area contributed by atoms with Crippen molar-refractivity contribution in [2.75, 3.05) is 0 Å². The van der Waals surface area contributed by atoms with Gasteiger partial charge < -0.3 is 0 Å². The minimum atomic E-state index is -0.892. The van der Waals surface area contributed by atoms with Crippen LogP contribution in [0.1, 0.15) is 32.6 Å². The Bertz CT molecular complexity index is 252. The normalized spacial score (nSPS) is 21.7. The van der Waals surface area contributed by atoms with E-state index in [0.717, 1.165) is 0 Å². The molecule has 0 bridgehead atoms. The summed E-state index contributed by atoms with van der Waals surface area (Å²) in [4.78, 5) is 23.1. The molecule has 1 aliphatic carbocycles. The summed E-state index contributed by atoms with van der Waals surface area (Å²) >= 11 is 5.63. The second-order valence-electron chi connectivity index (χ2n) is 3.73. The molecule has 0 aromatic heterocycles. The van der Waals surface area contributed by atoms with Crippen LogP contribution in [0, 0.1) is 5.41 Å². The molecule has 1 aliphatic rings. The number of halogens is 1. The molecule has 0 spiro atoms. The largest absolute Gasteiger partial charge is 0.299 e. The zero-order valence-electron chi connectivity index (χ0n) is 7.73. The van der Waals surface area contributed by atoms with Crippen LogP contribution < -0.4 is 0 Å². The van der Waals surface area contributed by atoms with Crippen LogP contribution >= 0.6 is 11.6 Å². The van der Waals surface area contributed by atoms with Crippen molar-refractivity contribution in [1.82, 2.24) is 0 Å². The van der Waals surface area contributed by atoms with Gasteiger partial charge in [0.05, 0.1) is 5.41 Å². The zero-order chi connectivity index (χ0) is 10.1. The Morgan fingerprint density at radius 3 is 2.31 bits per heavy atom. The first-order chi connectivity index (χ1) is 5.97. The predicted octanol–water partition coefficient (Wildman–Crippen LogP) is 2.46. The third-order valence-corrected chi connectivity index (χ3v) is 2.72. The monoisotopic (exact) mass is 200 g/mol. The molecule has 0 heterocycles. The van der Waals surface area contributed by atoms with Crippen molar-refractivity contribution < 1.29 is 9.59 Å². The van der Waals surface area contributed by atoms with Crippen molar-refractivity contribution in [3.05, 3.63) is 11.6 Å². The molecule has 0 aliphatic heterocycles. The molecule has 2 nitrogen and oxygen atoms in total. The van der Waals surface area contributed by atoms with Gasteiger partial charge in [-0.15, -0.1) is 0 Å². The van der Waals surface area contributed by atoms with Gasteiger partial charge in [-0.2, -0.15) is 0 Å². The lowest BCUT2D eigenvalue weighted by molar-refractivity contribution is -0.142. The summed E-state index contributed by atoms with van der Waals surface area (Å²) in [5.74, 6) is 0.0103. The number of carbonyl (C=O) groups excluding carboxylic acids is 2. The number of hydrogen-bond donors (Lipinski definition) is 0. The van der Waals surface area contributed by atoms with Crippen molar-refractivity contribution in [2.45, 2.75) is 32.6 Å². The Balaban J connectivity index is 2.87. The highest BCUT2D eigenvalue weighted by Crippen LogP contribution is 2.35. The van der Waals surface area contributed by atoms with E-state index in [-0.39, 0.29) is 18.0 Å². The Morgan fingerprint density at radius 2 is 1.92 bits per heavy atom. The lowest BCUT2D eigenvalue weighted by atomic mass is 9.71. The first-order valence-corrected chi connectivity index (χ1v) is 4.74. The van der Waals surface area contributed by atoms with Crippen LogP contribution in [0.3, 0.4) is 0 Å². The molecule has 13 heavy (non-hydrogen) atoms. The maximum Gasteiger partial charge on any atom is 0.146 e. The molecule has 1 saturated carbocycles. The van der Waals surface area contributed by atoms with Crippen LogP contribution in [-0.2, 0) is 9.59 Å². The summed E-state index contributed by atoms with van der Waals surface area (Å²) in [6.07, 6.45) is 1.95. The van der Waals surface area contributed by atoms with E-state index in [1.807, 2.05) is 0 Å². The van der Waals surface area contributed by atoms with Crippen molar-refractivity contribution in [3.63, 3.8) is 0 Å². The van der Waals surface area contributed by atoms with E-state index in [2.05, 4.69) is 6.58 Å². The van der Waals surface area contributed by atoms with E-state index in [1.165, 1.54) is 0 Å². The third-order valence-electron chi connectivity index (χ3n) is 2.58. The molecular weight excluding hydrogens is 188 g/mol. The number of rotatable bonds is 2. The van der Waals surface area contributed by atoms with Gasteiger partial charge in [0, 0.05) is 24.3 Å². The summed E-state index contributed by atoms with van der Waals surface area (Å²) in [6, 6.07) is 0. The minimum Gasteiger partial charge on any atom is -0.299 e. The Labute approximate surface area is 83.0 Å². The molecule has 0 aromatic carbocycles.